The third kappa shape index (κ3) is 2.30. The highest BCUT2D eigenvalue weighted by Crippen LogP contribution is 2.25. The van der Waals surface area contributed by atoms with Gasteiger partial charge in [0.1, 0.15) is 0 Å². The Hall–Kier alpha value is -2.85. The van der Waals surface area contributed by atoms with E-state index in [2.05, 4.69) is 54.6 Å². The summed E-state index contributed by atoms with van der Waals surface area (Å²) in [7, 11) is 0. The molecule has 2 aromatic carbocycles. The normalized spacial score (nSPS) is 20.8. The molecule has 1 heterocycles. The quantitative estimate of drug-likeness (QED) is 0.856. The number of carbonyl (C=O) groups excluding carboxylic acids is 1. The van der Waals surface area contributed by atoms with Gasteiger partial charge >= 0.3 is 6.03 Å². The van der Waals surface area contributed by atoms with Crippen LogP contribution in [-0.2, 0) is 11.2 Å². The topological polar surface area (TPSA) is 55.6 Å². The zero-order valence-corrected chi connectivity index (χ0v) is 14.4. The van der Waals surface area contributed by atoms with Crippen molar-refractivity contribution in [3.05, 3.63) is 63.6 Å². The summed E-state index contributed by atoms with van der Waals surface area (Å²) in [6, 6.07) is 8.34. The predicted octanol–water partition coefficient (Wildman–Crippen LogP) is 1.69. The Morgan fingerprint density at radius 1 is 1.15 bits per heavy atom. The number of hydrogen-bond acceptors (Lipinski definition) is 2. The van der Waals surface area contributed by atoms with Crippen LogP contribution >= 0.6 is 0 Å². The number of nitrogens with zero attached hydrogens (tertiary/aromatic N) is 1. The van der Waals surface area contributed by atoms with Crippen LogP contribution < -0.4 is 16.2 Å². The highest BCUT2D eigenvalue weighted by atomic mass is 16.5. The SMILES string of the molecule is NC(=O)N1CCOCC1C1=CCc2c(ccc3c4c(ccc23)=CC=C4)=C1. The van der Waals surface area contributed by atoms with Gasteiger partial charge in [0.05, 0.1) is 19.3 Å². The molecule has 1 fully saturated rings. The van der Waals surface area contributed by atoms with E-state index in [-0.39, 0.29) is 12.1 Å². The molecule has 0 spiro atoms. The lowest BCUT2D eigenvalue weighted by atomic mass is 9.90. The lowest BCUT2D eigenvalue weighted by Crippen LogP contribution is -2.51. The molecule has 4 heteroatoms. The van der Waals surface area contributed by atoms with E-state index in [1.807, 2.05) is 0 Å². The number of morpholine rings is 1. The standard InChI is InChI=1S/C22H20N2O2/c23-22(25)24-10-11-26-13-21(24)16-6-7-18-15(12-16)5-9-19-17-3-1-2-14(17)4-8-20(18)19/h1-6,8-9,12,21H,7,10-11,13H2,(H2,23,25). The third-order valence-corrected chi connectivity index (χ3v) is 5.62. The van der Waals surface area contributed by atoms with E-state index < -0.39 is 0 Å². The maximum absolute atomic E-state index is 11.8. The van der Waals surface area contributed by atoms with E-state index in [4.69, 9.17) is 10.5 Å². The maximum Gasteiger partial charge on any atom is 0.315 e. The first kappa shape index (κ1) is 15.4. The predicted molar refractivity (Wildman–Crippen MR) is 104 cm³/mol. The van der Waals surface area contributed by atoms with Crippen LogP contribution in [0.4, 0.5) is 4.79 Å². The van der Waals surface area contributed by atoms with E-state index in [0.29, 0.717) is 19.8 Å². The van der Waals surface area contributed by atoms with Crippen molar-refractivity contribution in [2.45, 2.75) is 12.5 Å². The molecule has 2 aliphatic carbocycles. The fraction of sp³-hybridized carbons (Fsp3) is 0.227. The molecule has 1 saturated heterocycles. The van der Waals surface area contributed by atoms with Crippen molar-refractivity contribution in [3.8, 4) is 0 Å². The molecule has 1 unspecified atom stereocenters. The minimum atomic E-state index is -0.379. The van der Waals surface area contributed by atoms with Crippen molar-refractivity contribution in [3.63, 3.8) is 0 Å². The minimum Gasteiger partial charge on any atom is -0.377 e. The summed E-state index contributed by atoms with van der Waals surface area (Å²) in [6.07, 6.45) is 11.7. The Balaban J connectivity index is 1.61. The van der Waals surface area contributed by atoms with Crippen LogP contribution in [0.1, 0.15) is 11.1 Å². The average molecular weight is 344 g/mol. The first-order valence-electron chi connectivity index (χ1n) is 9.01. The highest BCUT2D eigenvalue weighted by molar-refractivity contribution is 5.96. The second-order valence-electron chi connectivity index (χ2n) is 7.00. The van der Waals surface area contributed by atoms with Gasteiger partial charge in [-0.3, -0.25) is 0 Å². The molecule has 130 valence electrons. The first-order chi connectivity index (χ1) is 12.7. The number of amides is 2. The van der Waals surface area contributed by atoms with Gasteiger partial charge in [0, 0.05) is 6.54 Å². The van der Waals surface area contributed by atoms with Crippen LogP contribution in [0.15, 0.2) is 42.0 Å². The molecule has 0 bridgehead atoms. The smallest absolute Gasteiger partial charge is 0.315 e. The van der Waals surface area contributed by atoms with Crippen LogP contribution in [0.25, 0.3) is 29.0 Å². The summed E-state index contributed by atoms with van der Waals surface area (Å²) < 4.78 is 5.60. The number of hydrogen-bond donors (Lipinski definition) is 1. The van der Waals surface area contributed by atoms with Crippen LogP contribution in [0.5, 0.6) is 0 Å². The zero-order valence-electron chi connectivity index (χ0n) is 14.4. The van der Waals surface area contributed by atoms with Crippen molar-refractivity contribution in [1.82, 2.24) is 4.90 Å². The summed E-state index contributed by atoms with van der Waals surface area (Å²) in [4.78, 5) is 13.5. The average Bonchev–Trinajstić information content (AvgIpc) is 3.16. The van der Waals surface area contributed by atoms with E-state index in [9.17, 15) is 4.79 Å². The Morgan fingerprint density at radius 2 is 2.00 bits per heavy atom. The number of benzene rings is 2. The molecule has 0 radical (unpaired) electrons. The van der Waals surface area contributed by atoms with Crippen molar-refractivity contribution >= 4 is 35.0 Å². The molecule has 5 rings (SSSR count). The van der Waals surface area contributed by atoms with Gasteiger partial charge in [0.15, 0.2) is 0 Å². The zero-order chi connectivity index (χ0) is 17.7. The molecule has 3 aliphatic rings. The van der Waals surface area contributed by atoms with Crippen LogP contribution in [0, 0.1) is 0 Å². The highest BCUT2D eigenvalue weighted by Gasteiger charge is 2.28. The van der Waals surface area contributed by atoms with E-state index in [0.717, 1.165) is 12.0 Å². The number of fused-ring (bicyclic) bond motifs is 5. The lowest BCUT2D eigenvalue weighted by Gasteiger charge is -2.35. The summed E-state index contributed by atoms with van der Waals surface area (Å²) >= 11 is 0. The lowest BCUT2D eigenvalue weighted by molar-refractivity contribution is 0.0284. The number of rotatable bonds is 1. The molecule has 4 nitrogen and oxygen atoms in total. The molecule has 1 aliphatic heterocycles. The van der Waals surface area contributed by atoms with E-state index in [1.54, 1.807) is 4.90 Å². The van der Waals surface area contributed by atoms with Gasteiger partial charge in [0.25, 0.3) is 0 Å². The van der Waals surface area contributed by atoms with E-state index >= 15 is 0 Å². The minimum absolute atomic E-state index is 0.0948. The Morgan fingerprint density at radius 3 is 2.88 bits per heavy atom. The molecule has 1 atom stereocenters. The number of nitrogens with two attached hydrogens (primary N) is 1. The number of allylic oxidation sites excluding steroid dienone is 2. The van der Waals surface area contributed by atoms with Gasteiger partial charge in [-0.05, 0) is 50.4 Å². The fourth-order valence-corrected chi connectivity index (χ4v) is 4.30. The maximum atomic E-state index is 11.8. The largest absolute Gasteiger partial charge is 0.377 e. The molecular formula is C22H20N2O2. The molecule has 2 amide bonds. The number of urea groups is 1. The molecular weight excluding hydrogens is 324 g/mol. The summed E-state index contributed by atoms with van der Waals surface area (Å²) in [5.41, 5.74) is 9.33. The number of primary amides is 1. The fourth-order valence-electron chi connectivity index (χ4n) is 4.30. The van der Waals surface area contributed by atoms with Gasteiger partial charge in [-0.1, -0.05) is 48.6 Å². The number of ether oxygens (including phenoxy) is 1. The number of carbonyl (C=O) groups is 1. The Labute approximate surface area is 151 Å². The van der Waals surface area contributed by atoms with Crippen molar-refractivity contribution in [1.29, 1.82) is 0 Å². The van der Waals surface area contributed by atoms with Gasteiger partial charge in [0.2, 0.25) is 0 Å². The Kier molecular flexibility index (Phi) is 3.47. The summed E-state index contributed by atoms with van der Waals surface area (Å²) in [5.74, 6) is 0. The molecule has 0 saturated carbocycles. The van der Waals surface area contributed by atoms with Gasteiger partial charge < -0.3 is 15.4 Å². The molecule has 2 aromatic rings. The van der Waals surface area contributed by atoms with Gasteiger partial charge in [-0.2, -0.15) is 0 Å². The summed E-state index contributed by atoms with van der Waals surface area (Å²) in [6.45, 7) is 1.59. The van der Waals surface area contributed by atoms with Crippen LogP contribution in [0.3, 0.4) is 0 Å². The van der Waals surface area contributed by atoms with Crippen LogP contribution in [-0.4, -0.2) is 36.7 Å². The van der Waals surface area contributed by atoms with Gasteiger partial charge in [-0.15, -0.1) is 0 Å². The first-order valence-corrected chi connectivity index (χ1v) is 9.01. The van der Waals surface area contributed by atoms with Crippen molar-refractivity contribution < 1.29 is 9.53 Å². The van der Waals surface area contributed by atoms with Gasteiger partial charge in [-0.25, -0.2) is 4.79 Å². The summed E-state index contributed by atoms with van der Waals surface area (Å²) in [5, 5.41) is 5.11. The monoisotopic (exact) mass is 344 g/mol. The second-order valence-corrected chi connectivity index (χ2v) is 7.00. The van der Waals surface area contributed by atoms with Crippen LogP contribution in [0.2, 0.25) is 0 Å². The molecule has 26 heavy (non-hydrogen) atoms. The third-order valence-electron chi connectivity index (χ3n) is 5.62. The van der Waals surface area contributed by atoms with Crippen molar-refractivity contribution in [2.75, 3.05) is 19.8 Å². The Bertz CT molecular complexity index is 1110. The second kappa shape index (κ2) is 5.85. The molecule has 0 aromatic heterocycles. The molecule has 2 N–H and O–H groups in total. The van der Waals surface area contributed by atoms with E-state index in [1.165, 1.54) is 32.3 Å². The van der Waals surface area contributed by atoms with Crippen molar-refractivity contribution in [2.24, 2.45) is 5.73 Å².